The van der Waals surface area contributed by atoms with E-state index in [1.807, 2.05) is 0 Å². The van der Waals surface area contributed by atoms with Gasteiger partial charge in [0.2, 0.25) is 0 Å². The lowest BCUT2D eigenvalue weighted by atomic mass is 9.92. The van der Waals surface area contributed by atoms with Gasteiger partial charge in [0.15, 0.2) is 0 Å². The van der Waals surface area contributed by atoms with E-state index in [9.17, 15) is 4.39 Å². The first-order valence-electron chi connectivity index (χ1n) is 7.03. The van der Waals surface area contributed by atoms with Crippen LogP contribution in [0, 0.1) is 22.6 Å². The third-order valence-electron chi connectivity index (χ3n) is 3.33. The van der Waals surface area contributed by atoms with Gasteiger partial charge in [-0.3, -0.25) is 4.90 Å². The van der Waals surface area contributed by atoms with Crippen LogP contribution < -0.4 is 5.73 Å². The number of rotatable bonds is 7. The zero-order valence-corrected chi connectivity index (χ0v) is 12.6. The Hall–Kier alpha value is -1.44. The molecule has 1 aromatic carbocycles. The predicted octanol–water partition coefficient (Wildman–Crippen LogP) is 2.89. The fourth-order valence-electron chi connectivity index (χ4n) is 2.24. The average molecular weight is 277 g/mol. The van der Waals surface area contributed by atoms with Crippen molar-refractivity contribution in [1.29, 1.82) is 5.26 Å². The van der Waals surface area contributed by atoms with Crippen LogP contribution in [0.5, 0.6) is 0 Å². The van der Waals surface area contributed by atoms with Gasteiger partial charge < -0.3 is 5.73 Å². The molecule has 0 fully saturated rings. The molecule has 0 aromatic heterocycles. The summed E-state index contributed by atoms with van der Waals surface area (Å²) >= 11 is 0. The lowest BCUT2D eigenvalue weighted by molar-refractivity contribution is 0.175. The van der Waals surface area contributed by atoms with Crippen molar-refractivity contribution in [1.82, 2.24) is 4.90 Å². The minimum Gasteiger partial charge on any atom is -0.330 e. The van der Waals surface area contributed by atoms with E-state index in [4.69, 9.17) is 11.0 Å². The van der Waals surface area contributed by atoms with Gasteiger partial charge in [0, 0.05) is 13.1 Å². The first-order valence-corrected chi connectivity index (χ1v) is 7.03. The summed E-state index contributed by atoms with van der Waals surface area (Å²) in [5.41, 5.74) is 7.08. The Balaban J connectivity index is 2.90. The lowest BCUT2D eigenvalue weighted by Crippen LogP contribution is -2.39. The second-order valence-corrected chi connectivity index (χ2v) is 5.99. The fourth-order valence-corrected chi connectivity index (χ4v) is 2.24. The van der Waals surface area contributed by atoms with Gasteiger partial charge in [0.1, 0.15) is 5.82 Å². The minimum atomic E-state index is -0.298. The van der Waals surface area contributed by atoms with Gasteiger partial charge in [-0.15, -0.1) is 0 Å². The summed E-state index contributed by atoms with van der Waals surface area (Å²) in [4.78, 5) is 2.24. The van der Waals surface area contributed by atoms with Crippen molar-refractivity contribution in [3.8, 4) is 6.07 Å². The maximum atomic E-state index is 13.4. The first kappa shape index (κ1) is 16.6. The molecule has 3 nitrogen and oxygen atoms in total. The molecular weight excluding hydrogens is 253 g/mol. The van der Waals surface area contributed by atoms with Gasteiger partial charge in [0.25, 0.3) is 0 Å². The standard InChI is InChI=1S/C16H24FN3/c1-4-7-20(12-16(2,3)11-19)10-14-8-15(17)6-5-13(14)9-18/h5-6,8H,4,7,10-12,19H2,1-3H3. The zero-order chi connectivity index (χ0) is 15.2. The topological polar surface area (TPSA) is 53.0 Å². The number of hydrogen-bond acceptors (Lipinski definition) is 3. The Morgan fingerprint density at radius 1 is 1.40 bits per heavy atom. The third kappa shape index (κ3) is 4.92. The predicted molar refractivity (Wildman–Crippen MR) is 79.5 cm³/mol. The zero-order valence-electron chi connectivity index (χ0n) is 12.6. The second kappa shape index (κ2) is 7.37. The monoisotopic (exact) mass is 277 g/mol. The molecule has 0 bridgehead atoms. The third-order valence-corrected chi connectivity index (χ3v) is 3.33. The van der Waals surface area contributed by atoms with Gasteiger partial charge in [-0.2, -0.15) is 5.26 Å². The summed E-state index contributed by atoms with van der Waals surface area (Å²) in [7, 11) is 0. The highest BCUT2D eigenvalue weighted by molar-refractivity contribution is 5.37. The molecule has 0 heterocycles. The molecule has 0 atom stereocenters. The average Bonchev–Trinajstić information content (AvgIpc) is 2.39. The van der Waals surface area contributed by atoms with Gasteiger partial charge in [0.05, 0.1) is 11.6 Å². The fraction of sp³-hybridized carbons (Fsp3) is 0.562. The molecule has 0 radical (unpaired) electrons. The molecule has 2 N–H and O–H groups in total. The molecule has 20 heavy (non-hydrogen) atoms. The maximum Gasteiger partial charge on any atom is 0.123 e. The first-order chi connectivity index (χ1) is 9.41. The Bertz CT molecular complexity index is 477. The SMILES string of the molecule is CCCN(Cc1cc(F)ccc1C#N)CC(C)(C)CN. The molecule has 1 aromatic rings. The number of benzene rings is 1. The van der Waals surface area contributed by atoms with Crippen molar-refractivity contribution in [2.45, 2.75) is 33.7 Å². The number of hydrogen-bond donors (Lipinski definition) is 1. The molecule has 0 amide bonds. The molecule has 0 aliphatic rings. The van der Waals surface area contributed by atoms with Crippen LogP contribution in [0.25, 0.3) is 0 Å². The van der Waals surface area contributed by atoms with Crippen molar-refractivity contribution >= 4 is 0 Å². The van der Waals surface area contributed by atoms with E-state index in [2.05, 4.69) is 31.7 Å². The van der Waals surface area contributed by atoms with Crippen LogP contribution in [0.1, 0.15) is 38.3 Å². The van der Waals surface area contributed by atoms with E-state index in [1.54, 1.807) is 6.07 Å². The van der Waals surface area contributed by atoms with E-state index in [0.717, 1.165) is 25.1 Å². The molecule has 1 rings (SSSR count). The Morgan fingerprint density at radius 2 is 2.10 bits per heavy atom. The highest BCUT2D eigenvalue weighted by atomic mass is 19.1. The summed E-state index contributed by atoms with van der Waals surface area (Å²) < 4.78 is 13.4. The maximum absolute atomic E-state index is 13.4. The summed E-state index contributed by atoms with van der Waals surface area (Å²) in [5.74, 6) is -0.298. The van der Waals surface area contributed by atoms with E-state index in [1.165, 1.54) is 12.1 Å². The summed E-state index contributed by atoms with van der Waals surface area (Å²) in [6, 6.07) is 6.46. The van der Waals surface area contributed by atoms with Gasteiger partial charge in [-0.05, 0) is 48.7 Å². The molecule has 110 valence electrons. The minimum absolute atomic E-state index is 0.00923. The summed E-state index contributed by atoms with van der Waals surface area (Å²) in [6.45, 7) is 9.26. The van der Waals surface area contributed by atoms with E-state index < -0.39 is 0 Å². The number of nitrogens with two attached hydrogens (primary N) is 1. The Kier molecular flexibility index (Phi) is 6.12. The molecule has 0 aliphatic carbocycles. The van der Waals surface area contributed by atoms with E-state index in [0.29, 0.717) is 18.7 Å². The largest absolute Gasteiger partial charge is 0.330 e. The van der Waals surface area contributed by atoms with Crippen molar-refractivity contribution in [2.24, 2.45) is 11.1 Å². The van der Waals surface area contributed by atoms with Gasteiger partial charge >= 0.3 is 0 Å². The van der Waals surface area contributed by atoms with Gasteiger partial charge in [-0.1, -0.05) is 20.8 Å². The van der Waals surface area contributed by atoms with Crippen LogP contribution in [0.4, 0.5) is 4.39 Å². The summed E-state index contributed by atoms with van der Waals surface area (Å²) in [5, 5.41) is 9.12. The highest BCUT2D eigenvalue weighted by Gasteiger charge is 2.20. The van der Waals surface area contributed by atoms with Crippen LogP contribution in [0.2, 0.25) is 0 Å². The molecule has 0 aliphatic heterocycles. The summed E-state index contributed by atoms with van der Waals surface area (Å²) in [6.07, 6.45) is 1.01. The molecule has 0 spiro atoms. The molecule has 0 unspecified atom stereocenters. The van der Waals surface area contributed by atoms with E-state index in [-0.39, 0.29) is 11.2 Å². The second-order valence-electron chi connectivity index (χ2n) is 5.99. The number of halogens is 1. The Labute approximate surface area is 121 Å². The van der Waals surface area contributed by atoms with Crippen LogP contribution in [-0.2, 0) is 6.54 Å². The van der Waals surface area contributed by atoms with Crippen LogP contribution in [-0.4, -0.2) is 24.5 Å². The number of nitriles is 1. The van der Waals surface area contributed by atoms with Crippen LogP contribution >= 0.6 is 0 Å². The quantitative estimate of drug-likeness (QED) is 0.833. The van der Waals surface area contributed by atoms with Crippen molar-refractivity contribution in [2.75, 3.05) is 19.6 Å². The highest BCUT2D eigenvalue weighted by Crippen LogP contribution is 2.19. The van der Waals surface area contributed by atoms with Crippen LogP contribution in [0.15, 0.2) is 18.2 Å². The lowest BCUT2D eigenvalue weighted by Gasteiger charge is -2.31. The molecule has 0 saturated heterocycles. The van der Waals surface area contributed by atoms with Crippen LogP contribution in [0.3, 0.4) is 0 Å². The Morgan fingerprint density at radius 3 is 2.65 bits per heavy atom. The smallest absolute Gasteiger partial charge is 0.123 e. The van der Waals surface area contributed by atoms with Crippen molar-refractivity contribution in [3.63, 3.8) is 0 Å². The van der Waals surface area contributed by atoms with E-state index >= 15 is 0 Å². The molecular formula is C16H24FN3. The van der Waals surface area contributed by atoms with Gasteiger partial charge in [-0.25, -0.2) is 4.39 Å². The normalized spacial score (nSPS) is 11.7. The molecule has 0 saturated carbocycles. The molecule has 4 heteroatoms. The van der Waals surface area contributed by atoms with Crippen molar-refractivity contribution in [3.05, 3.63) is 35.1 Å². The number of nitrogens with zero attached hydrogens (tertiary/aromatic N) is 2. The van der Waals surface area contributed by atoms with Crippen molar-refractivity contribution < 1.29 is 4.39 Å².